The fraction of sp³-hybridized carbons (Fsp3) is 1.00. The zero-order valence-corrected chi connectivity index (χ0v) is 9.62. The maximum Gasteiger partial charge on any atom is 0.0555 e. The molecule has 0 aliphatic carbocycles. The number of aliphatic hydroxyl groups is 1. The quantitative estimate of drug-likeness (QED) is 0.678. The van der Waals surface area contributed by atoms with E-state index in [9.17, 15) is 0 Å². The average molecular weight is 212 g/mol. The third kappa shape index (κ3) is 2.92. The van der Waals surface area contributed by atoms with Gasteiger partial charge in [0, 0.05) is 12.6 Å². The van der Waals surface area contributed by atoms with Gasteiger partial charge >= 0.3 is 0 Å². The first-order valence-electron chi connectivity index (χ1n) is 6.47. The van der Waals surface area contributed by atoms with Gasteiger partial charge in [0.1, 0.15) is 0 Å². The van der Waals surface area contributed by atoms with E-state index in [2.05, 4.69) is 10.2 Å². The minimum atomic E-state index is 0.265. The summed E-state index contributed by atoms with van der Waals surface area (Å²) in [4.78, 5) is 2.69. The van der Waals surface area contributed by atoms with Gasteiger partial charge in [-0.3, -0.25) is 0 Å². The Labute approximate surface area is 92.8 Å². The van der Waals surface area contributed by atoms with Gasteiger partial charge < -0.3 is 15.3 Å². The van der Waals surface area contributed by atoms with Crippen LogP contribution in [-0.4, -0.2) is 48.8 Å². The van der Waals surface area contributed by atoms with Gasteiger partial charge in [0.05, 0.1) is 6.61 Å². The fourth-order valence-corrected chi connectivity index (χ4v) is 3.18. The van der Waals surface area contributed by atoms with E-state index in [0.29, 0.717) is 0 Å². The molecule has 0 spiro atoms. The van der Waals surface area contributed by atoms with Crippen molar-refractivity contribution in [2.75, 3.05) is 32.8 Å². The zero-order valence-electron chi connectivity index (χ0n) is 9.62. The van der Waals surface area contributed by atoms with E-state index >= 15 is 0 Å². The van der Waals surface area contributed by atoms with Gasteiger partial charge in [0.15, 0.2) is 0 Å². The second kappa shape index (κ2) is 5.83. The molecule has 2 aliphatic rings. The molecule has 0 saturated carbocycles. The highest BCUT2D eigenvalue weighted by atomic mass is 16.3. The van der Waals surface area contributed by atoms with Crippen LogP contribution in [0.25, 0.3) is 0 Å². The summed E-state index contributed by atoms with van der Waals surface area (Å²) in [5.74, 6) is 0.825. The Morgan fingerprint density at radius 3 is 2.87 bits per heavy atom. The Hall–Kier alpha value is -0.120. The van der Waals surface area contributed by atoms with E-state index in [1.165, 1.54) is 45.2 Å². The van der Waals surface area contributed by atoms with Crippen LogP contribution in [0, 0.1) is 5.92 Å². The molecule has 0 aromatic heterocycles. The van der Waals surface area contributed by atoms with Gasteiger partial charge in [0.25, 0.3) is 0 Å². The van der Waals surface area contributed by atoms with Crippen LogP contribution in [0.3, 0.4) is 0 Å². The monoisotopic (exact) mass is 212 g/mol. The number of rotatable bonds is 4. The Kier molecular flexibility index (Phi) is 4.42. The maximum absolute atomic E-state index is 8.76. The average Bonchev–Trinajstić information content (AvgIpc) is 2.30. The lowest BCUT2D eigenvalue weighted by atomic mass is 9.83. The molecule has 88 valence electrons. The largest absolute Gasteiger partial charge is 0.395 e. The van der Waals surface area contributed by atoms with Crippen molar-refractivity contribution in [1.29, 1.82) is 0 Å². The van der Waals surface area contributed by atoms with Gasteiger partial charge in [-0.25, -0.2) is 0 Å². The third-order valence-corrected chi connectivity index (χ3v) is 3.92. The predicted octanol–water partition coefficient (Wildman–Crippen LogP) is 0.833. The van der Waals surface area contributed by atoms with Crippen LogP contribution >= 0.6 is 0 Å². The van der Waals surface area contributed by atoms with Gasteiger partial charge in [-0.05, 0) is 51.2 Å². The Morgan fingerprint density at radius 2 is 2.00 bits per heavy atom. The lowest BCUT2D eigenvalue weighted by Crippen LogP contribution is -2.50. The molecule has 2 aliphatic heterocycles. The second-order valence-corrected chi connectivity index (χ2v) is 4.93. The van der Waals surface area contributed by atoms with Crippen LogP contribution in [-0.2, 0) is 0 Å². The number of hydrogen-bond acceptors (Lipinski definition) is 3. The number of fused-ring (bicyclic) bond motifs is 1. The van der Waals surface area contributed by atoms with Crippen LogP contribution in [0.1, 0.15) is 32.1 Å². The molecule has 2 atom stereocenters. The van der Waals surface area contributed by atoms with Crippen molar-refractivity contribution in [3.63, 3.8) is 0 Å². The SMILES string of the molecule is OCCNC[C@H]1CCCN2CCCC[C@H]12. The molecule has 2 rings (SSSR count). The van der Waals surface area contributed by atoms with Crippen molar-refractivity contribution in [3.8, 4) is 0 Å². The van der Waals surface area contributed by atoms with E-state index in [-0.39, 0.29) is 6.61 Å². The summed E-state index contributed by atoms with van der Waals surface area (Å²) in [5.41, 5.74) is 0. The number of nitrogens with zero attached hydrogens (tertiary/aromatic N) is 1. The highest BCUT2D eigenvalue weighted by Crippen LogP contribution is 2.30. The van der Waals surface area contributed by atoms with Crippen molar-refractivity contribution in [2.24, 2.45) is 5.92 Å². The highest BCUT2D eigenvalue weighted by Gasteiger charge is 2.32. The van der Waals surface area contributed by atoms with Gasteiger partial charge in [-0.2, -0.15) is 0 Å². The van der Waals surface area contributed by atoms with Crippen molar-refractivity contribution in [2.45, 2.75) is 38.1 Å². The Morgan fingerprint density at radius 1 is 1.13 bits per heavy atom. The molecular weight excluding hydrogens is 188 g/mol. The summed E-state index contributed by atoms with van der Waals surface area (Å²) in [6.45, 7) is 4.76. The van der Waals surface area contributed by atoms with E-state index in [1.807, 2.05) is 0 Å². The minimum Gasteiger partial charge on any atom is -0.395 e. The first-order valence-corrected chi connectivity index (χ1v) is 6.47. The van der Waals surface area contributed by atoms with E-state index in [1.54, 1.807) is 0 Å². The second-order valence-electron chi connectivity index (χ2n) is 4.93. The maximum atomic E-state index is 8.76. The molecule has 0 amide bonds. The molecule has 0 radical (unpaired) electrons. The van der Waals surface area contributed by atoms with Gasteiger partial charge in [0.2, 0.25) is 0 Å². The van der Waals surface area contributed by atoms with Crippen molar-refractivity contribution >= 4 is 0 Å². The lowest BCUT2D eigenvalue weighted by molar-refractivity contribution is 0.0590. The summed E-state index contributed by atoms with van der Waals surface area (Å²) in [7, 11) is 0. The number of aliphatic hydroxyl groups excluding tert-OH is 1. The predicted molar refractivity (Wildman–Crippen MR) is 61.9 cm³/mol. The van der Waals surface area contributed by atoms with Crippen LogP contribution in [0.5, 0.6) is 0 Å². The van der Waals surface area contributed by atoms with Gasteiger partial charge in [-0.1, -0.05) is 6.42 Å². The molecule has 2 heterocycles. The van der Waals surface area contributed by atoms with Crippen LogP contribution in [0.2, 0.25) is 0 Å². The molecule has 0 bridgehead atoms. The van der Waals surface area contributed by atoms with E-state index in [4.69, 9.17) is 5.11 Å². The van der Waals surface area contributed by atoms with Crippen LogP contribution in [0.4, 0.5) is 0 Å². The van der Waals surface area contributed by atoms with Crippen LogP contribution in [0.15, 0.2) is 0 Å². The normalized spacial score (nSPS) is 32.6. The van der Waals surface area contributed by atoms with E-state index in [0.717, 1.165) is 25.0 Å². The van der Waals surface area contributed by atoms with E-state index < -0.39 is 0 Å². The topological polar surface area (TPSA) is 35.5 Å². The summed E-state index contributed by atoms with van der Waals surface area (Å²) in [6.07, 6.45) is 6.94. The summed E-state index contributed by atoms with van der Waals surface area (Å²) in [5, 5.41) is 12.1. The Balaban J connectivity index is 1.81. The Bertz CT molecular complexity index is 184. The minimum absolute atomic E-state index is 0.265. The van der Waals surface area contributed by atoms with Crippen LogP contribution < -0.4 is 5.32 Å². The molecule has 15 heavy (non-hydrogen) atoms. The zero-order chi connectivity index (χ0) is 10.5. The lowest BCUT2D eigenvalue weighted by Gasteiger charge is -2.44. The number of nitrogens with one attached hydrogen (secondary N) is 1. The molecule has 3 heteroatoms. The van der Waals surface area contributed by atoms with Gasteiger partial charge in [-0.15, -0.1) is 0 Å². The molecule has 2 fully saturated rings. The third-order valence-electron chi connectivity index (χ3n) is 3.92. The number of hydrogen-bond donors (Lipinski definition) is 2. The van der Waals surface area contributed by atoms with Crippen molar-refractivity contribution in [3.05, 3.63) is 0 Å². The number of piperidine rings is 2. The first kappa shape index (κ1) is 11.4. The standard InChI is InChI=1S/C12H24N2O/c15-9-6-13-10-11-4-3-8-14-7-2-1-5-12(11)14/h11-13,15H,1-10H2/t11-,12-/m1/s1. The smallest absolute Gasteiger partial charge is 0.0555 e. The fourth-order valence-electron chi connectivity index (χ4n) is 3.18. The molecule has 0 unspecified atom stereocenters. The molecular formula is C12H24N2O. The summed E-state index contributed by atoms with van der Waals surface area (Å²) >= 11 is 0. The van der Waals surface area contributed by atoms with Crippen molar-refractivity contribution < 1.29 is 5.11 Å². The summed E-state index contributed by atoms with van der Waals surface area (Å²) < 4.78 is 0. The highest BCUT2D eigenvalue weighted by molar-refractivity contribution is 4.87. The molecule has 2 saturated heterocycles. The molecule has 0 aromatic rings. The molecule has 3 nitrogen and oxygen atoms in total. The molecule has 2 N–H and O–H groups in total. The summed E-state index contributed by atoms with van der Waals surface area (Å²) in [6, 6.07) is 0.832. The first-order chi connectivity index (χ1) is 7.42. The molecule has 0 aromatic carbocycles. The van der Waals surface area contributed by atoms with Crippen molar-refractivity contribution in [1.82, 2.24) is 10.2 Å².